The third-order valence-electron chi connectivity index (χ3n) is 3.58. The second-order valence-electron chi connectivity index (χ2n) is 4.47. The second-order valence-corrected chi connectivity index (χ2v) is 4.47. The summed E-state index contributed by atoms with van der Waals surface area (Å²) >= 11 is 0. The SMILES string of the molecule is CNC(C)C1CCN(c2cnccn2)CC1. The van der Waals surface area contributed by atoms with Crippen LogP contribution >= 0.6 is 0 Å². The Bertz CT molecular complexity index is 306. The minimum absolute atomic E-state index is 0.615. The van der Waals surface area contributed by atoms with Gasteiger partial charge in [-0.1, -0.05) is 0 Å². The molecule has 0 bridgehead atoms. The number of aromatic nitrogens is 2. The van der Waals surface area contributed by atoms with E-state index in [4.69, 9.17) is 0 Å². The van der Waals surface area contributed by atoms with Crippen molar-refractivity contribution in [1.29, 1.82) is 0 Å². The largest absolute Gasteiger partial charge is 0.355 e. The molecule has 1 unspecified atom stereocenters. The lowest BCUT2D eigenvalue weighted by Gasteiger charge is -2.35. The fourth-order valence-corrected chi connectivity index (χ4v) is 2.32. The van der Waals surface area contributed by atoms with Gasteiger partial charge in [-0.05, 0) is 32.7 Å². The van der Waals surface area contributed by atoms with Gasteiger partial charge in [-0.3, -0.25) is 4.98 Å². The zero-order valence-electron chi connectivity index (χ0n) is 10.1. The molecule has 16 heavy (non-hydrogen) atoms. The number of rotatable bonds is 3. The number of nitrogens with one attached hydrogen (secondary N) is 1. The maximum absolute atomic E-state index is 4.34. The number of nitrogens with zero attached hydrogens (tertiary/aromatic N) is 3. The first-order chi connectivity index (χ1) is 7.81. The van der Waals surface area contributed by atoms with Crippen molar-refractivity contribution in [1.82, 2.24) is 15.3 Å². The summed E-state index contributed by atoms with van der Waals surface area (Å²) < 4.78 is 0. The van der Waals surface area contributed by atoms with Gasteiger partial charge in [-0.25, -0.2) is 4.98 Å². The van der Waals surface area contributed by atoms with E-state index in [0.717, 1.165) is 24.8 Å². The Morgan fingerprint density at radius 1 is 1.38 bits per heavy atom. The fraction of sp³-hybridized carbons (Fsp3) is 0.667. The topological polar surface area (TPSA) is 41.0 Å². The first-order valence-electron chi connectivity index (χ1n) is 5.99. The van der Waals surface area contributed by atoms with Crippen molar-refractivity contribution in [3.8, 4) is 0 Å². The molecule has 1 aliphatic heterocycles. The summed E-state index contributed by atoms with van der Waals surface area (Å²) in [5, 5.41) is 3.34. The highest BCUT2D eigenvalue weighted by Crippen LogP contribution is 2.23. The Balaban J connectivity index is 1.91. The molecule has 1 fully saturated rings. The van der Waals surface area contributed by atoms with Crippen LogP contribution in [0, 0.1) is 5.92 Å². The number of piperidine rings is 1. The van der Waals surface area contributed by atoms with Gasteiger partial charge < -0.3 is 10.2 Å². The van der Waals surface area contributed by atoms with Gasteiger partial charge in [-0.15, -0.1) is 0 Å². The summed E-state index contributed by atoms with van der Waals surface area (Å²) in [6.45, 7) is 4.45. The predicted molar refractivity (Wildman–Crippen MR) is 65.5 cm³/mol. The van der Waals surface area contributed by atoms with Crippen LogP contribution in [0.15, 0.2) is 18.6 Å². The third kappa shape index (κ3) is 2.50. The standard InChI is InChI=1S/C12H20N4/c1-10(13-2)11-3-7-16(8-4-11)12-9-14-5-6-15-12/h5-6,9-11,13H,3-4,7-8H2,1-2H3. The molecule has 0 radical (unpaired) electrons. The van der Waals surface area contributed by atoms with E-state index in [1.807, 2.05) is 13.2 Å². The molecule has 1 aromatic heterocycles. The monoisotopic (exact) mass is 220 g/mol. The van der Waals surface area contributed by atoms with Gasteiger partial charge in [0.15, 0.2) is 0 Å². The molecule has 1 saturated heterocycles. The van der Waals surface area contributed by atoms with E-state index in [0.29, 0.717) is 6.04 Å². The molecule has 0 amide bonds. The van der Waals surface area contributed by atoms with Crippen molar-refractivity contribution in [2.24, 2.45) is 5.92 Å². The van der Waals surface area contributed by atoms with Crippen LogP contribution in [0.5, 0.6) is 0 Å². The van der Waals surface area contributed by atoms with Crippen LogP contribution in [-0.2, 0) is 0 Å². The molecule has 0 aromatic carbocycles. The van der Waals surface area contributed by atoms with Gasteiger partial charge in [0.05, 0.1) is 6.20 Å². The van der Waals surface area contributed by atoms with E-state index in [2.05, 4.69) is 27.1 Å². The second kappa shape index (κ2) is 5.25. The van der Waals surface area contributed by atoms with E-state index >= 15 is 0 Å². The lowest BCUT2D eigenvalue weighted by molar-refractivity contribution is 0.323. The normalized spacial score (nSPS) is 19.8. The van der Waals surface area contributed by atoms with Gasteiger partial charge in [0.1, 0.15) is 5.82 Å². The molecular formula is C12H20N4. The average Bonchev–Trinajstić information content (AvgIpc) is 2.39. The third-order valence-corrected chi connectivity index (χ3v) is 3.58. The Morgan fingerprint density at radius 2 is 2.12 bits per heavy atom. The molecule has 4 heteroatoms. The van der Waals surface area contributed by atoms with E-state index in [1.54, 1.807) is 12.4 Å². The molecule has 1 N–H and O–H groups in total. The van der Waals surface area contributed by atoms with Crippen LogP contribution < -0.4 is 10.2 Å². The highest BCUT2D eigenvalue weighted by molar-refractivity contribution is 5.35. The van der Waals surface area contributed by atoms with Crippen molar-refractivity contribution in [3.05, 3.63) is 18.6 Å². The lowest BCUT2D eigenvalue weighted by atomic mass is 9.90. The van der Waals surface area contributed by atoms with E-state index in [9.17, 15) is 0 Å². The minimum atomic E-state index is 0.615. The van der Waals surface area contributed by atoms with Crippen molar-refractivity contribution < 1.29 is 0 Å². The Morgan fingerprint density at radius 3 is 2.69 bits per heavy atom. The van der Waals surface area contributed by atoms with Gasteiger partial charge >= 0.3 is 0 Å². The van der Waals surface area contributed by atoms with Crippen LogP contribution in [-0.4, -0.2) is 36.1 Å². The van der Waals surface area contributed by atoms with Crippen molar-refractivity contribution in [3.63, 3.8) is 0 Å². The molecule has 0 saturated carbocycles. The first kappa shape index (κ1) is 11.3. The molecule has 2 heterocycles. The van der Waals surface area contributed by atoms with Gasteiger partial charge in [-0.2, -0.15) is 0 Å². The first-order valence-corrected chi connectivity index (χ1v) is 5.99. The highest BCUT2D eigenvalue weighted by atomic mass is 15.2. The molecule has 4 nitrogen and oxygen atoms in total. The number of anilines is 1. The molecular weight excluding hydrogens is 200 g/mol. The zero-order valence-corrected chi connectivity index (χ0v) is 10.1. The molecule has 1 aromatic rings. The average molecular weight is 220 g/mol. The number of hydrogen-bond acceptors (Lipinski definition) is 4. The summed E-state index contributed by atoms with van der Waals surface area (Å²) in [5.74, 6) is 1.80. The van der Waals surface area contributed by atoms with Crippen molar-refractivity contribution in [2.75, 3.05) is 25.0 Å². The summed E-state index contributed by atoms with van der Waals surface area (Å²) in [6, 6.07) is 0.615. The van der Waals surface area contributed by atoms with Crippen molar-refractivity contribution in [2.45, 2.75) is 25.8 Å². The smallest absolute Gasteiger partial charge is 0.147 e. The summed E-state index contributed by atoms with van der Waals surface area (Å²) in [4.78, 5) is 10.8. The molecule has 0 spiro atoms. The van der Waals surface area contributed by atoms with Crippen LogP contribution in [0.4, 0.5) is 5.82 Å². The van der Waals surface area contributed by atoms with Crippen LogP contribution in [0.25, 0.3) is 0 Å². The van der Waals surface area contributed by atoms with E-state index < -0.39 is 0 Å². The Hall–Kier alpha value is -1.16. The molecule has 0 aliphatic carbocycles. The lowest BCUT2D eigenvalue weighted by Crippen LogP contribution is -2.41. The molecule has 1 aliphatic rings. The summed E-state index contributed by atoms with van der Waals surface area (Å²) in [5.41, 5.74) is 0. The summed E-state index contributed by atoms with van der Waals surface area (Å²) in [6.07, 6.45) is 7.80. The zero-order chi connectivity index (χ0) is 11.4. The molecule has 2 rings (SSSR count). The molecule has 1 atom stereocenters. The maximum atomic E-state index is 4.34. The predicted octanol–water partition coefficient (Wildman–Crippen LogP) is 1.30. The molecule has 88 valence electrons. The maximum Gasteiger partial charge on any atom is 0.147 e. The van der Waals surface area contributed by atoms with E-state index in [1.165, 1.54) is 12.8 Å². The minimum Gasteiger partial charge on any atom is -0.355 e. The van der Waals surface area contributed by atoms with Gasteiger partial charge in [0, 0.05) is 31.5 Å². The quantitative estimate of drug-likeness (QED) is 0.833. The van der Waals surface area contributed by atoms with Gasteiger partial charge in [0.2, 0.25) is 0 Å². The van der Waals surface area contributed by atoms with Crippen molar-refractivity contribution >= 4 is 5.82 Å². The van der Waals surface area contributed by atoms with Crippen LogP contribution in [0.3, 0.4) is 0 Å². The number of hydrogen-bond donors (Lipinski definition) is 1. The highest BCUT2D eigenvalue weighted by Gasteiger charge is 2.23. The Labute approximate surface area is 97.1 Å². The van der Waals surface area contributed by atoms with Gasteiger partial charge in [0.25, 0.3) is 0 Å². The van der Waals surface area contributed by atoms with Crippen LogP contribution in [0.2, 0.25) is 0 Å². The fourth-order valence-electron chi connectivity index (χ4n) is 2.32. The summed E-state index contributed by atoms with van der Waals surface area (Å²) in [7, 11) is 2.04. The van der Waals surface area contributed by atoms with Crippen LogP contribution in [0.1, 0.15) is 19.8 Å². The van der Waals surface area contributed by atoms with E-state index in [-0.39, 0.29) is 0 Å². The Kier molecular flexibility index (Phi) is 3.72.